The Hall–Kier alpha value is -3.19. The molecule has 2 aromatic rings. The zero-order valence-electron chi connectivity index (χ0n) is 24.4. The van der Waals surface area contributed by atoms with Crippen molar-refractivity contribution < 1.29 is 14.3 Å². The number of likely N-dealkylation sites (N-methyl/N-ethyl adjacent to an activating group) is 1. The Kier molecular flexibility index (Phi) is 11.6. The van der Waals surface area contributed by atoms with Gasteiger partial charge in [-0.05, 0) is 79.6 Å². The predicted molar refractivity (Wildman–Crippen MR) is 162 cm³/mol. The van der Waals surface area contributed by atoms with Gasteiger partial charge in [0, 0.05) is 43.9 Å². The van der Waals surface area contributed by atoms with E-state index in [1.807, 2.05) is 36.5 Å². The molecule has 1 unspecified atom stereocenters. The van der Waals surface area contributed by atoms with Crippen LogP contribution in [0.25, 0.3) is 0 Å². The molecule has 1 aliphatic heterocycles. The van der Waals surface area contributed by atoms with Crippen LogP contribution >= 0.6 is 0 Å². The van der Waals surface area contributed by atoms with E-state index in [-0.39, 0.29) is 11.9 Å². The second-order valence-electron chi connectivity index (χ2n) is 11.4. The van der Waals surface area contributed by atoms with Crippen LogP contribution in [0.2, 0.25) is 0 Å². The smallest absolute Gasteiger partial charge is 0.306 e. The maximum atomic E-state index is 12.9. The standard InChI is InChI=1S/C33H46N4O3/c1-3-4-5-6-7-8-21-40-32(38)23-27-11-14-30-24-31(16-15-29(30)22-27)35-33(39)28-12-9-26(10-13-28)25-34-37-19-17-36(2)18-20-37/h9-10,12-13,15-16,24-25,27H,3-8,11,14,17-23H2,1-2H3,(H,35,39)/b34-25+. The van der Waals surface area contributed by atoms with E-state index in [1.165, 1.54) is 36.8 Å². The number of benzene rings is 2. The fourth-order valence-corrected chi connectivity index (χ4v) is 5.43. The van der Waals surface area contributed by atoms with Gasteiger partial charge in [0.2, 0.25) is 0 Å². The number of esters is 1. The van der Waals surface area contributed by atoms with Crippen LogP contribution in [0, 0.1) is 5.92 Å². The minimum atomic E-state index is -0.121. The van der Waals surface area contributed by atoms with Crippen molar-refractivity contribution >= 4 is 23.8 Å². The molecule has 2 aliphatic rings. The first-order chi connectivity index (χ1) is 19.5. The molecule has 4 rings (SSSR count). The van der Waals surface area contributed by atoms with Crippen LogP contribution in [0.1, 0.15) is 85.3 Å². The lowest BCUT2D eigenvalue weighted by atomic mass is 9.82. The largest absolute Gasteiger partial charge is 0.466 e. The summed E-state index contributed by atoms with van der Waals surface area (Å²) in [5.41, 5.74) is 4.92. The quantitative estimate of drug-likeness (QED) is 0.192. The number of ether oxygens (including phenoxy) is 1. The van der Waals surface area contributed by atoms with Gasteiger partial charge in [0.05, 0.1) is 12.8 Å². The minimum absolute atomic E-state index is 0.0671. The number of fused-ring (bicyclic) bond motifs is 1. The topological polar surface area (TPSA) is 74.2 Å². The number of nitrogens with zero attached hydrogens (tertiary/aromatic N) is 3. The van der Waals surface area contributed by atoms with Gasteiger partial charge in [-0.2, -0.15) is 5.10 Å². The number of piperazine rings is 1. The third-order valence-corrected chi connectivity index (χ3v) is 8.03. The SMILES string of the molecule is CCCCCCCCOC(=O)CC1CCc2cc(NC(=O)c3ccc(/C=N/N4CCN(C)CC4)cc3)ccc2C1. The van der Waals surface area contributed by atoms with Gasteiger partial charge >= 0.3 is 5.97 Å². The van der Waals surface area contributed by atoms with Crippen molar-refractivity contribution in [3.8, 4) is 0 Å². The molecule has 7 nitrogen and oxygen atoms in total. The van der Waals surface area contributed by atoms with Gasteiger partial charge in [-0.3, -0.25) is 14.6 Å². The van der Waals surface area contributed by atoms with Crippen molar-refractivity contribution in [1.29, 1.82) is 0 Å². The van der Waals surface area contributed by atoms with Gasteiger partial charge in [0.25, 0.3) is 5.91 Å². The van der Waals surface area contributed by atoms with E-state index >= 15 is 0 Å². The zero-order chi connectivity index (χ0) is 28.2. The van der Waals surface area contributed by atoms with Crippen LogP contribution in [-0.2, 0) is 22.4 Å². The maximum absolute atomic E-state index is 12.9. The average Bonchev–Trinajstić information content (AvgIpc) is 2.96. The summed E-state index contributed by atoms with van der Waals surface area (Å²) in [4.78, 5) is 27.5. The molecule has 0 radical (unpaired) electrons. The van der Waals surface area contributed by atoms with Crippen molar-refractivity contribution in [2.45, 2.75) is 71.1 Å². The normalized spacial score (nSPS) is 17.6. The number of hydrogen-bond donors (Lipinski definition) is 1. The molecule has 1 heterocycles. The molecule has 40 heavy (non-hydrogen) atoms. The minimum Gasteiger partial charge on any atom is -0.466 e. The Morgan fingerprint density at radius 1 is 0.975 bits per heavy atom. The average molecular weight is 547 g/mol. The molecule has 1 fully saturated rings. The molecular weight excluding hydrogens is 500 g/mol. The molecule has 0 spiro atoms. The van der Waals surface area contributed by atoms with Crippen molar-refractivity contribution in [1.82, 2.24) is 9.91 Å². The third kappa shape index (κ3) is 9.47. The molecular formula is C33H46N4O3. The number of amides is 1. The van der Waals surface area contributed by atoms with Crippen molar-refractivity contribution in [2.24, 2.45) is 11.0 Å². The number of nitrogens with one attached hydrogen (secondary N) is 1. The summed E-state index contributed by atoms with van der Waals surface area (Å²) < 4.78 is 5.50. The molecule has 1 aliphatic carbocycles. The van der Waals surface area contributed by atoms with Gasteiger partial charge < -0.3 is 15.0 Å². The number of rotatable bonds is 13. The molecule has 1 saturated heterocycles. The molecule has 0 saturated carbocycles. The molecule has 2 aromatic carbocycles. The van der Waals surface area contributed by atoms with E-state index in [4.69, 9.17) is 4.74 Å². The number of aryl methyl sites for hydroxylation is 1. The van der Waals surface area contributed by atoms with Crippen LogP contribution in [-0.4, -0.2) is 67.8 Å². The number of carbonyl (C=O) groups is 2. The highest BCUT2D eigenvalue weighted by Gasteiger charge is 2.22. The fraction of sp³-hybridized carbons (Fsp3) is 0.545. The number of unbranched alkanes of at least 4 members (excludes halogenated alkanes) is 5. The van der Waals surface area contributed by atoms with Crippen LogP contribution in [0.3, 0.4) is 0 Å². The summed E-state index contributed by atoms with van der Waals surface area (Å²) >= 11 is 0. The number of anilines is 1. The van der Waals surface area contributed by atoms with E-state index in [9.17, 15) is 9.59 Å². The van der Waals surface area contributed by atoms with E-state index in [0.29, 0.717) is 24.5 Å². The van der Waals surface area contributed by atoms with Crippen LogP contribution < -0.4 is 5.32 Å². The monoisotopic (exact) mass is 546 g/mol. The first-order valence-electron chi connectivity index (χ1n) is 15.2. The first-order valence-corrected chi connectivity index (χ1v) is 15.2. The molecule has 216 valence electrons. The number of hydrazone groups is 1. The Labute approximate surface area is 240 Å². The van der Waals surface area contributed by atoms with Crippen molar-refractivity contribution in [2.75, 3.05) is 45.2 Å². The van der Waals surface area contributed by atoms with Gasteiger partial charge in [-0.25, -0.2) is 0 Å². The van der Waals surface area contributed by atoms with E-state index in [1.54, 1.807) is 0 Å². The Morgan fingerprint density at radius 3 is 2.50 bits per heavy atom. The van der Waals surface area contributed by atoms with E-state index < -0.39 is 0 Å². The Morgan fingerprint density at radius 2 is 1.73 bits per heavy atom. The third-order valence-electron chi connectivity index (χ3n) is 8.03. The first kappa shape index (κ1) is 29.8. The van der Waals surface area contributed by atoms with Crippen molar-refractivity contribution in [3.05, 3.63) is 64.7 Å². The van der Waals surface area contributed by atoms with Crippen molar-refractivity contribution in [3.63, 3.8) is 0 Å². The lowest BCUT2D eigenvalue weighted by molar-refractivity contribution is -0.145. The van der Waals surface area contributed by atoms with Crippen LogP contribution in [0.4, 0.5) is 5.69 Å². The van der Waals surface area contributed by atoms with Gasteiger partial charge in [0.1, 0.15) is 0 Å². The summed E-state index contributed by atoms with van der Waals surface area (Å²) in [5, 5.41) is 9.70. The molecule has 1 amide bonds. The summed E-state index contributed by atoms with van der Waals surface area (Å²) in [7, 11) is 2.13. The van der Waals surface area contributed by atoms with Gasteiger partial charge in [0.15, 0.2) is 0 Å². The van der Waals surface area contributed by atoms with Gasteiger partial charge in [-0.1, -0.05) is 57.2 Å². The Bertz CT molecular complexity index is 1120. The summed E-state index contributed by atoms with van der Waals surface area (Å²) in [5.74, 6) is 0.134. The molecule has 0 aromatic heterocycles. The summed E-state index contributed by atoms with van der Waals surface area (Å²) in [6, 6.07) is 13.7. The highest BCUT2D eigenvalue weighted by atomic mass is 16.5. The lowest BCUT2D eigenvalue weighted by Crippen LogP contribution is -2.41. The second kappa shape index (κ2) is 15.6. The number of carbonyl (C=O) groups excluding carboxylic acids is 2. The van der Waals surface area contributed by atoms with E-state index in [0.717, 1.165) is 69.5 Å². The molecule has 0 bridgehead atoms. The fourth-order valence-electron chi connectivity index (χ4n) is 5.43. The zero-order valence-corrected chi connectivity index (χ0v) is 24.4. The lowest BCUT2D eigenvalue weighted by Gasteiger charge is -2.30. The number of hydrogen-bond acceptors (Lipinski definition) is 6. The molecule has 1 atom stereocenters. The van der Waals surface area contributed by atoms with Crippen LogP contribution in [0.5, 0.6) is 0 Å². The highest BCUT2D eigenvalue weighted by molar-refractivity contribution is 6.04. The molecule has 7 heteroatoms. The summed E-state index contributed by atoms with van der Waals surface area (Å²) in [6.07, 6.45) is 12.3. The summed E-state index contributed by atoms with van der Waals surface area (Å²) in [6.45, 7) is 6.67. The van der Waals surface area contributed by atoms with Gasteiger partial charge in [-0.15, -0.1) is 0 Å². The Balaban J connectivity index is 1.20. The highest BCUT2D eigenvalue weighted by Crippen LogP contribution is 2.30. The maximum Gasteiger partial charge on any atom is 0.306 e. The van der Waals surface area contributed by atoms with Crippen LogP contribution in [0.15, 0.2) is 47.6 Å². The molecule has 1 N–H and O–H groups in total. The van der Waals surface area contributed by atoms with E-state index in [2.05, 4.69) is 46.4 Å². The second-order valence-corrected chi connectivity index (χ2v) is 11.4. The predicted octanol–water partition coefficient (Wildman–Crippen LogP) is 5.92.